The summed E-state index contributed by atoms with van der Waals surface area (Å²) in [5, 5.41) is 1.07. The van der Waals surface area contributed by atoms with Crippen LogP contribution in [-0.4, -0.2) is 41.7 Å². The summed E-state index contributed by atoms with van der Waals surface area (Å²) in [4.78, 5) is 24.6. The minimum atomic E-state index is -3.73. The highest BCUT2D eigenvalue weighted by atomic mass is 35.5. The average Bonchev–Trinajstić information content (AvgIpc) is 3.32. The summed E-state index contributed by atoms with van der Waals surface area (Å²) in [7, 11) is -3.73. The van der Waals surface area contributed by atoms with Crippen LogP contribution >= 0.6 is 22.9 Å². The summed E-state index contributed by atoms with van der Waals surface area (Å²) in [6.45, 7) is 0.809. The van der Waals surface area contributed by atoms with Gasteiger partial charge in [0.1, 0.15) is 0 Å². The molecule has 0 aliphatic carbocycles. The average molecular weight is 527 g/mol. The van der Waals surface area contributed by atoms with Crippen LogP contribution in [0.15, 0.2) is 78.0 Å². The van der Waals surface area contributed by atoms with E-state index in [0.717, 1.165) is 15.8 Å². The molecular formula is C25H23ClN4O3S2. The topological polar surface area (TPSA) is 83.5 Å². The van der Waals surface area contributed by atoms with Crippen LogP contribution in [-0.2, 0) is 21.4 Å². The molecule has 0 spiro atoms. The summed E-state index contributed by atoms with van der Waals surface area (Å²) >= 11 is 7.38. The fourth-order valence-corrected chi connectivity index (χ4v) is 6.85. The predicted molar refractivity (Wildman–Crippen MR) is 138 cm³/mol. The zero-order valence-corrected chi connectivity index (χ0v) is 21.1. The number of benzene rings is 2. The molecule has 2 aromatic carbocycles. The lowest BCUT2D eigenvalue weighted by Crippen LogP contribution is -2.46. The summed E-state index contributed by atoms with van der Waals surface area (Å²) in [5.74, 6) is -0.613. The lowest BCUT2D eigenvalue weighted by atomic mass is 9.98. The molecule has 10 heteroatoms. The third-order valence-electron chi connectivity index (χ3n) is 6.03. The van der Waals surface area contributed by atoms with Gasteiger partial charge in [-0.1, -0.05) is 41.1 Å². The van der Waals surface area contributed by atoms with E-state index in [4.69, 9.17) is 16.6 Å². The van der Waals surface area contributed by atoms with E-state index in [1.54, 1.807) is 29.4 Å². The molecule has 7 nitrogen and oxygen atoms in total. The van der Waals surface area contributed by atoms with E-state index >= 15 is 0 Å². The second-order valence-corrected chi connectivity index (χ2v) is 11.8. The monoisotopic (exact) mass is 526 g/mol. The van der Waals surface area contributed by atoms with E-state index in [-0.39, 0.29) is 17.3 Å². The number of fused-ring (bicyclic) bond motifs is 1. The molecule has 1 atom stereocenters. The van der Waals surface area contributed by atoms with Gasteiger partial charge in [0.2, 0.25) is 15.9 Å². The minimum absolute atomic E-state index is 0.123. The number of carbonyl (C=O) groups is 1. The maximum atomic E-state index is 13.9. The molecule has 0 saturated carbocycles. The number of hydrogen-bond donors (Lipinski definition) is 0. The molecule has 0 radical (unpaired) electrons. The Morgan fingerprint density at radius 3 is 2.66 bits per heavy atom. The van der Waals surface area contributed by atoms with Gasteiger partial charge in [0.05, 0.1) is 27.6 Å². The van der Waals surface area contributed by atoms with E-state index in [2.05, 4.69) is 4.98 Å². The Balaban J connectivity index is 1.43. The highest BCUT2D eigenvalue weighted by molar-refractivity contribution is 7.89. The predicted octanol–water partition coefficient (Wildman–Crippen LogP) is 4.98. The number of para-hydroxylation sites is 1. The largest absolute Gasteiger partial charge is 0.283 e. The fourth-order valence-electron chi connectivity index (χ4n) is 4.23. The molecule has 180 valence electrons. The van der Waals surface area contributed by atoms with Crippen LogP contribution in [0.5, 0.6) is 0 Å². The zero-order chi connectivity index (χ0) is 24.4. The maximum absolute atomic E-state index is 13.9. The quantitative estimate of drug-likeness (QED) is 0.354. The summed E-state index contributed by atoms with van der Waals surface area (Å²) < 4.78 is 28.9. The van der Waals surface area contributed by atoms with E-state index in [1.807, 2.05) is 36.4 Å². The van der Waals surface area contributed by atoms with Crippen molar-refractivity contribution in [3.05, 3.63) is 83.6 Å². The Morgan fingerprint density at radius 1 is 1.11 bits per heavy atom. The molecule has 1 aliphatic rings. The summed E-state index contributed by atoms with van der Waals surface area (Å²) in [6.07, 6.45) is 4.63. The van der Waals surface area contributed by atoms with Crippen molar-refractivity contribution in [2.24, 2.45) is 5.92 Å². The lowest BCUT2D eigenvalue weighted by molar-refractivity contribution is -0.123. The third-order valence-corrected chi connectivity index (χ3v) is 9.22. The number of carbonyl (C=O) groups excluding carboxylic acids is 1. The number of piperidine rings is 1. The van der Waals surface area contributed by atoms with Crippen LogP contribution < -0.4 is 4.90 Å². The number of nitrogens with zero attached hydrogens (tertiary/aromatic N) is 4. The lowest BCUT2D eigenvalue weighted by Gasteiger charge is -2.33. The van der Waals surface area contributed by atoms with Crippen LogP contribution in [0, 0.1) is 5.92 Å². The number of halogens is 1. The summed E-state index contributed by atoms with van der Waals surface area (Å²) in [6, 6.07) is 17.6. The number of pyridine rings is 1. The first-order valence-electron chi connectivity index (χ1n) is 11.2. The van der Waals surface area contributed by atoms with Crippen LogP contribution in [0.2, 0.25) is 5.02 Å². The van der Waals surface area contributed by atoms with E-state index < -0.39 is 15.9 Å². The van der Waals surface area contributed by atoms with Gasteiger partial charge in [0, 0.05) is 30.5 Å². The Kier molecular flexibility index (Phi) is 6.84. The number of sulfonamides is 1. The van der Waals surface area contributed by atoms with Crippen molar-refractivity contribution in [1.82, 2.24) is 14.3 Å². The van der Waals surface area contributed by atoms with Gasteiger partial charge in [-0.05, 0) is 60.9 Å². The molecule has 35 heavy (non-hydrogen) atoms. The molecule has 1 fully saturated rings. The van der Waals surface area contributed by atoms with Crippen LogP contribution in [0.4, 0.5) is 5.13 Å². The molecule has 4 aromatic rings. The molecule has 1 amide bonds. The zero-order valence-electron chi connectivity index (χ0n) is 18.7. The van der Waals surface area contributed by atoms with Gasteiger partial charge < -0.3 is 0 Å². The standard InChI is InChI=1S/C25H23ClN4O3S2/c26-20-9-11-21(12-10-20)35(32,33)29-14-4-6-19(17-29)24(31)30(16-18-5-3-13-27-15-18)25-28-22-7-1-2-8-23(22)34-25/h1-3,5,7-13,15,19H,4,6,14,16-17H2. The highest BCUT2D eigenvalue weighted by Crippen LogP contribution is 2.33. The molecule has 0 bridgehead atoms. The van der Waals surface area contributed by atoms with Crippen LogP contribution in [0.3, 0.4) is 0 Å². The van der Waals surface area contributed by atoms with Crippen LogP contribution in [0.1, 0.15) is 18.4 Å². The first kappa shape index (κ1) is 23.9. The van der Waals surface area contributed by atoms with E-state index in [0.29, 0.717) is 36.1 Å². The first-order valence-corrected chi connectivity index (χ1v) is 13.9. The molecule has 3 heterocycles. The smallest absolute Gasteiger partial charge is 0.243 e. The van der Waals surface area contributed by atoms with E-state index in [9.17, 15) is 13.2 Å². The van der Waals surface area contributed by atoms with Crippen molar-refractivity contribution in [3.8, 4) is 0 Å². The van der Waals surface area contributed by atoms with Gasteiger partial charge in [0.25, 0.3) is 0 Å². The second-order valence-electron chi connectivity index (χ2n) is 8.41. The van der Waals surface area contributed by atoms with Crippen molar-refractivity contribution in [2.75, 3.05) is 18.0 Å². The number of thiazole rings is 1. The van der Waals surface area contributed by atoms with Crippen molar-refractivity contribution in [3.63, 3.8) is 0 Å². The fraction of sp³-hybridized carbons (Fsp3) is 0.240. The van der Waals surface area contributed by atoms with Crippen molar-refractivity contribution < 1.29 is 13.2 Å². The number of rotatable bonds is 6. The SMILES string of the molecule is O=C(C1CCCN(S(=O)(=O)c2ccc(Cl)cc2)C1)N(Cc1cccnc1)c1nc2ccccc2s1. The molecule has 1 unspecified atom stereocenters. The van der Waals surface area contributed by atoms with Crippen molar-refractivity contribution in [1.29, 1.82) is 0 Å². The number of anilines is 1. The maximum Gasteiger partial charge on any atom is 0.243 e. The Labute approximate surface area is 213 Å². The molecule has 5 rings (SSSR count). The van der Waals surface area contributed by atoms with Gasteiger partial charge in [-0.15, -0.1) is 0 Å². The second kappa shape index (κ2) is 10.0. The van der Waals surface area contributed by atoms with Crippen molar-refractivity contribution in [2.45, 2.75) is 24.3 Å². The molecule has 2 aromatic heterocycles. The van der Waals surface area contributed by atoms with Crippen LogP contribution in [0.25, 0.3) is 10.2 Å². The molecule has 1 aliphatic heterocycles. The Bertz CT molecular complexity index is 1410. The number of aromatic nitrogens is 2. The third kappa shape index (κ3) is 5.08. The molecular weight excluding hydrogens is 504 g/mol. The highest BCUT2D eigenvalue weighted by Gasteiger charge is 2.36. The van der Waals surface area contributed by atoms with Gasteiger partial charge in [-0.2, -0.15) is 4.31 Å². The van der Waals surface area contributed by atoms with Crippen molar-refractivity contribution >= 4 is 54.2 Å². The molecule has 0 N–H and O–H groups in total. The Hall–Kier alpha value is -2.85. The normalized spacial score (nSPS) is 16.9. The van der Waals surface area contributed by atoms with Gasteiger partial charge in [0.15, 0.2) is 5.13 Å². The Morgan fingerprint density at radius 2 is 1.91 bits per heavy atom. The minimum Gasteiger partial charge on any atom is -0.283 e. The van der Waals surface area contributed by atoms with Gasteiger partial charge in [-0.3, -0.25) is 14.7 Å². The number of amides is 1. The number of hydrogen-bond acceptors (Lipinski definition) is 6. The molecule has 1 saturated heterocycles. The van der Waals surface area contributed by atoms with Gasteiger partial charge in [-0.25, -0.2) is 13.4 Å². The summed E-state index contributed by atoms with van der Waals surface area (Å²) in [5.41, 5.74) is 1.70. The van der Waals surface area contributed by atoms with E-state index in [1.165, 1.54) is 27.8 Å². The van der Waals surface area contributed by atoms with Gasteiger partial charge >= 0.3 is 0 Å². The first-order chi connectivity index (χ1) is 16.9.